The number of rotatable bonds is 4. The monoisotopic (exact) mass is 341 g/mol. The van der Waals surface area contributed by atoms with Crippen LogP contribution in [0.3, 0.4) is 0 Å². The van der Waals surface area contributed by atoms with E-state index >= 15 is 0 Å². The molecule has 4 rings (SSSR count). The van der Waals surface area contributed by atoms with Gasteiger partial charge in [-0.25, -0.2) is 4.79 Å². The van der Waals surface area contributed by atoms with Gasteiger partial charge in [-0.05, 0) is 17.2 Å². The number of benzene rings is 3. The molecule has 1 heterocycles. The smallest absolute Gasteiger partial charge is 0.320 e. The van der Waals surface area contributed by atoms with Crippen molar-refractivity contribution < 1.29 is 4.79 Å². The summed E-state index contributed by atoms with van der Waals surface area (Å²) in [4.78, 5) is 15.8. The van der Waals surface area contributed by atoms with E-state index in [0.29, 0.717) is 0 Å². The van der Waals surface area contributed by atoms with Crippen molar-refractivity contribution in [1.29, 1.82) is 0 Å². The number of anilines is 1. The summed E-state index contributed by atoms with van der Waals surface area (Å²) in [6.45, 7) is 0. The number of fused-ring (bicyclic) bond motifs is 1. The number of urea groups is 1. The number of aromatic amines is 1. The summed E-state index contributed by atoms with van der Waals surface area (Å²) in [5, 5.41) is 7.03. The molecule has 0 aliphatic rings. The second-order valence-electron chi connectivity index (χ2n) is 6.10. The molecule has 0 saturated heterocycles. The van der Waals surface area contributed by atoms with Crippen LogP contribution in [0.25, 0.3) is 10.9 Å². The van der Waals surface area contributed by atoms with Gasteiger partial charge in [0.15, 0.2) is 0 Å². The van der Waals surface area contributed by atoms with E-state index in [4.69, 9.17) is 0 Å². The van der Waals surface area contributed by atoms with Crippen LogP contribution in [-0.2, 0) is 0 Å². The Morgan fingerprint density at radius 1 is 0.769 bits per heavy atom. The van der Waals surface area contributed by atoms with Crippen LogP contribution in [0.2, 0.25) is 0 Å². The summed E-state index contributed by atoms with van der Waals surface area (Å²) in [5.41, 5.74) is 3.82. The number of para-hydroxylation sites is 1. The average Bonchev–Trinajstić information content (AvgIpc) is 3.10. The van der Waals surface area contributed by atoms with E-state index in [0.717, 1.165) is 27.7 Å². The summed E-state index contributed by atoms with van der Waals surface area (Å²) in [7, 11) is 0. The van der Waals surface area contributed by atoms with Crippen LogP contribution in [0.4, 0.5) is 10.5 Å². The quantitative estimate of drug-likeness (QED) is 0.476. The Morgan fingerprint density at radius 2 is 1.35 bits per heavy atom. The Labute approximate surface area is 151 Å². The van der Waals surface area contributed by atoms with Gasteiger partial charge in [0, 0.05) is 17.1 Å². The maximum absolute atomic E-state index is 12.7. The molecule has 0 spiro atoms. The number of carbonyl (C=O) groups is 1. The molecule has 4 nitrogen and oxygen atoms in total. The lowest BCUT2D eigenvalue weighted by molar-refractivity contribution is 0.250. The highest BCUT2D eigenvalue weighted by atomic mass is 16.2. The maximum atomic E-state index is 12.7. The molecule has 0 unspecified atom stereocenters. The Hall–Kier alpha value is -3.53. The van der Waals surface area contributed by atoms with Crippen LogP contribution < -0.4 is 10.6 Å². The summed E-state index contributed by atoms with van der Waals surface area (Å²) in [6, 6.07) is 27.3. The molecule has 0 saturated carbocycles. The molecule has 1 aromatic heterocycles. The van der Waals surface area contributed by atoms with Crippen molar-refractivity contribution in [3.05, 3.63) is 102 Å². The number of H-pyrrole nitrogens is 1. The molecule has 0 atom stereocenters. The third-order valence-electron chi connectivity index (χ3n) is 4.38. The summed E-state index contributed by atoms with van der Waals surface area (Å²) >= 11 is 0. The van der Waals surface area contributed by atoms with Gasteiger partial charge in [0.25, 0.3) is 0 Å². The highest BCUT2D eigenvalue weighted by molar-refractivity contribution is 6.01. The first-order valence-electron chi connectivity index (χ1n) is 8.55. The van der Waals surface area contributed by atoms with Gasteiger partial charge in [0.2, 0.25) is 0 Å². The number of amides is 2. The van der Waals surface area contributed by atoms with Crippen molar-refractivity contribution in [2.45, 2.75) is 6.04 Å². The highest BCUT2D eigenvalue weighted by Crippen LogP contribution is 2.24. The van der Waals surface area contributed by atoms with Gasteiger partial charge >= 0.3 is 6.03 Å². The van der Waals surface area contributed by atoms with E-state index in [9.17, 15) is 4.79 Å². The topological polar surface area (TPSA) is 56.9 Å². The van der Waals surface area contributed by atoms with Crippen molar-refractivity contribution in [3.8, 4) is 0 Å². The molecular weight excluding hydrogens is 322 g/mol. The van der Waals surface area contributed by atoms with Gasteiger partial charge in [0.1, 0.15) is 0 Å². The summed E-state index contributed by atoms with van der Waals surface area (Å²) in [6.07, 6.45) is 1.81. The van der Waals surface area contributed by atoms with E-state index in [2.05, 4.69) is 15.6 Å². The van der Waals surface area contributed by atoms with Crippen LogP contribution in [0.1, 0.15) is 17.2 Å². The number of hydrogen-bond acceptors (Lipinski definition) is 1. The lowest BCUT2D eigenvalue weighted by Gasteiger charge is -2.20. The molecule has 0 fully saturated rings. The molecular formula is C22H19N3O. The Balaban J connectivity index is 1.58. The number of carbonyl (C=O) groups excluding carboxylic acids is 1. The van der Waals surface area contributed by atoms with E-state index in [1.165, 1.54) is 0 Å². The third kappa shape index (κ3) is 3.30. The summed E-state index contributed by atoms with van der Waals surface area (Å²) in [5.74, 6) is 0. The predicted octanol–water partition coefficient (Wildman–Crippen LogP) is 5.08. The molecule has 128 valence electrons. The molecule has 0 bridgehead atoms. The molecule has 26 heavy (non-hydrogen) atoms. The van der Waals surface area contributed by atoms with Gasteiger partial charge in [-0.15, -0.1) is 0 Å². The molecule has 0 aliphatic heterocycles. The standard InChI is InChI=1S/C22H19N3O/c26-22(24-20-15-23-19-14-8-7-13-18(19)20)25-21(16-9-3-1-4-10-16)17-11-5-2-6-12-17/h1-15,21,23H,(H2,24,25,26). The Morgan fingerprint density at radius 3 is 2.00 bits per heavy atom. The van der Waals surface area contributed by atoms with Crippen LogP contribution >= 0.6 is 0 Å². The van der Waals surface area contributed by atoms with E-state index in [1.54, 1.807) is 0 Å². The molecule has 0 aliphatic carbocycles. The first-order chi connectivity index (χ1) is 12.8. The highest BCUT2D eigenvalue weighted by Gasteiger charge is 2.17. The number of aromatic nitrogens is 1. The average molecular weight is 341 g/mol. The van der Waals surface area contributed by atoms with Crippen molar-refractivity contribution in [2.24, 2.45) is 0 Å². The predicted molar refractivity (Wildman–Crippen MR) is 105 cm³/mol. The second kappa shape index (κ2) is 7.15. The van der Waals surface area contributed by atoms with Crippen LogP contribution in [-0.4, -0.2) is 11.0 Å². The van der Waals surface area contributed by atoms with Crippen molar-refractivity contribution in [1.82, 2.24) is 10.3 Å². The van der Waals surface area contributed by atoms with Crippen LogP contribution in [0.5, 0.6) is 0 Å². The van der Waals surface area contributed by atoms with E-state index in [-0.39, 0.29) is 12.1 Å². The first kappa shape index (κ1) is 16.0. The van der Waals surface area contributed by atoms with Crippen molar-refractivity contribution >= 4 is 22.6 Å². The Kier molecular flexibility index (Phi) is 4.39. The second-order valence-corrected chi connectivity index (χ2v) is 6.10. The lowest BCUT2D eigenvalue weighted by Crippen LogP contribution is -2.33. The molecule has 0 radical (unpaired) electrons. The largest absolute Gasteiger partial charge is 0.359 e. The first-order valence-corrected chi connectivity index (χ1v) is 8.55. The third-order valence-corrected chi connectivity index (χ3v) is 4.38. The zero-order valence-electron chi connectivity index (χ0n) is 14.1. The molecule has 2 amide bonds. The zero-order valence-corrected chi connectivity index (χ0v) is 14.1. The molecule has 4 aromatic rings. The van der Waals surface area contributed by atoms with Crippen molar-refractivity contribution in [2.75, 3.05) is 5.32 Å². The fraction of sp³-hybridized carbons (Fsp3) is 0.0455. The van der Waals surface area contributed by atoms with Crippen LogP contribution in [0.15, 0.2) is 91.1 Å². The minimum atomic E-state index is -0.243. The number of hydrogen-bond donors (Lipinski definition) is 3. The van der Waals surface area contributed by atoms with E-state index < -0.39 is 0 Å². The fourth-order valence-corrected chi connectivity index (χ4v) is 3.11. The van der Waals surface area contributed by atoms with Gasteiger partial charge < -0.3 is 15.6 Å². The lowest BCUT2D eigenvalue weighted by atomic mass is 9.99. The molecule has 3 N–H and O–H groups in total. The fourth-order valence-electron chi connectivity index (χ4n) is 3.11. The van der Waals surface area contributed by atoms with Gasteiger partial charge in [-0.1, -0.05) is 78.9 Å². The minimum Gasteiger partial charge on any atom is -0.359 e. The SMILES string of the molecule is O=C(Nc1c[nH]c2ccccc12)NC(c1ccccc1)c1ccccc1. The van der Waals surface area contributed by atoms with Gasteiger partial charge in [0.05, 0.1) is 11.7 Å². The van der Waals surface area contributed by atoms with E-state index in [1.807, 2.05) is 91.1 Å². The zero-order chi connectivity index (χ0) is 17.8. The maximum Gasteiger partial charge on any atom is 0.320 e. The summed E-state index contributed by atoms with van der Waals surface area (Å²) < 4.78 is 0. The van der Waals surface area contributed by atoms with Crippen molar-refractivity contribution in [3.63, 3.8) is 0 Å². The molecule has 3 aromatic carbocycles. The molecule has 4 heteroatoms. The van der Waals surface area contributed by atoms with Gasteiger partial charge in [-0.3, -0.25) is 0 Å². The number of nitrogens with one attached hydrogen (secondary N) is 3. The Bertz CT molecular complexity index is 970. The van der Waals surface area contributed by atoms with Crippen LogP contribution in [0, 0.1) is 0 Å². The van der Waals surface area contributed by atoms with Gasteiger partial charge in [-0.2, -0.15) is 0 Å². The minimum absolute atomic E-state index is 0.220. The normalized spacial score (nSPS) is 10.8.